The number of carbonyl (C=O) groups excluding carboxylic acids is 1. The SMILES string of the molecule is COCC(=O)NCCCc1nc2ccccc2n1CCOc1ccccc1Cl. The van der Waals surface area contributed by atoms with Gasteiger partial charge >= 0.3 is 0 Å². The minimum absolute atomic E-state index is 0.0812. The fourth-order valence-corrected chi connectivity index (χ4v) is 3.22. The second kappa shape index (κ2) is 10.1. The summed E-state index contributed by atoms with van der Waals surface area (Å²) >= 11 is 6.16. The van der Waals surface area contributed by atoms with E-state index >= 15 is 0 Å². The summed E-state index contributed by atoms with van der Waals surface area (Å²) in [4.78, 5) is 16.2. The molecule has 0 atom stereocenters. The van der Waals surface area contributed by atoms with E-state index in [2.05, 4.69) is 16.0 Å². The zero-order chi connectivity index (χ0) is 19.8. The highest BCUT2D eigenvalue weighted by molar-refractivity contribution is 6.32. The number of imidazole rings is 1. The highest BCUT2D eigenvalue weighted by Gasteiger charge is 2.11. The Morgan fingerprint density at radius 2 is 1.96 bits per heavy atom. The highest BCUT2D eigenvalue weighted by Crippen LogP contribution is 2.23. The standard InChI is InChI=1S/C21H24ClN3O3/c1-27-15-21(26)23-12-6-11-20-24-17-8-3-4-9-18(17)25(20)13-14-28-19-10-5-2-7-16(19)22/h2-5,7-10H,6,11-15H2,1H3,(H,23,26). The van der Waals surface area contributed by atoms with E-state index in [1.807, 2.05) is 42.5 Å². The van der Waals surface area contributed by atoms with Crippen molar-refractivity contribution < 1.29 is 14.3 Å². The summed E-state index contributed by atoms with van der Waals surface area (Å²) in [6.45, 7) is 1.82. The molecule has 1 heterocycles. The van der Waals surface area contributed by atoms with Crippen LogP contribution in [0, 0.1) is 0 Å². The van der Waals surface area contributed by atoms with Crippen molar-refractivity contribution in [1.29, 1.82) is 0 Å². The Balaban J connectivity index is 1.63. The fraction of sp³-hybridized carbons (Fsp3) is 0.333. The minimum Gasteiger partial charge on any atom is -0.490 e. The Morgan fingerprint density at radius 1 is 1.18 bits per heavy atom. The number of benzene rings is 2. The molecule has 1 N–H and O–H groups in total. The number of nitrogens with zero attached hydrogens (tertiary/aromatic N) is 2. The summed E-state index contributed by atoms with van der Waals surface area (Å²) in [5, 5.41) is 3.44. The van der Waals surface area contributed by atoms with Gasteiger partial charge in [-0.25, -0.2) is 4.98 Å². The van der Waals surface area contributed by atoms with Gasteiger partial charge in [0, 0.05) is 20.1 Å². The van der Waals surface area contributed by atoms with Crippen LogP contribution in [0.5, 0.6) is 5.75 Å². The van der Waals surface area contributed by atoms with Crippen molar-refractivity contribution in [3.8, 4) is 5.75 Å². The summed E-state index contributed by atoms with van der Waals surface area (Å²) in [6.07, 6.45) is 1.55. The number of halogens is 1. The average Bonchev–Trinajstić information content (AvgIpc) is 3.05. The molecule has 0 radical (unpaired) electrons. The van der Waals surface area contributed by atoms with Crippen LogP contribution >= 0.6 is 11.6 Å². The molecule has 0 aliphatic heterocycles. The highest BCUT2D eigenvalue weighted by atomic mass is 35.5. The largest absolute Gasteiger partial charge is 0.490 e. The summed E-state index contributed by atoms with van der Waals surface area (Å²) in [6, 6.07) is 15.5. The maximum Gasteiger partial charge on any atom is 0.245 e. The van der Waals surface area contributed by atoms with E-state index in [-0.39, 0.29) is 12.5 Å². The molecule has 3 rings (SSSR count). The van der Waals surface area contributed by atoms with E-state index in [9.17, 15) is 4.79 Å². The first-order valence-electron chi connectivity index (χ1n) is 9.26. The molecule has 148 valence electrons. The number of hydrogen-bond donors (Lipinski definition) is 1. The van der Waals surface area contributed by atoms with Gasteiger partial charge in [0.2, 0.25) is 5.91 Å². The number of nitrogens with one attached hydrogen (secondary N) is 1. The Kier molecular flexibility index (Phi) is 7.28. The predicted octanol–water partition coefficient (Wildman–Crippen LogP) is 3.46. The van der Waals surface area contributed by atoms with Gasteiger partial charge in [-0.3, -0.25) is 4.79 Å². The van der Waals surface area contributed by atoms with Crippen molar-refractivity contribution in [2.24, 2.45) is 0 Å². The number of fused-ring (bicyclic) bond motifs is 1. The van der Waals surface area contributed by atoms with E-state index in [1.165, 1.54) is 7.11 Å². The van der Waals surface area contributed by atoms with E-state index < -0.39 is 0 Å². The lowest BCUT2D eigenvalue weighted by molar-refractivity contribution is -0.124. The minimum atomic E-state index is -0.107. The van der Waals surface area contributed by atoms with Gasteiger partial charge in [0.25, 0.3) is 0 Å². The molecule has 2 aromatic carbocycles. The molecule has 0 bridgehead atoms. The zero-order valence-electron chi connectivity index (χ0n) is 15.9. The Bertz CT molecular complexity index is 926. The zero-order valence-corrected chi connectivity index (χ0v) is 16.6. The number of methoxy groups -OCH3 is 1. The molecule has 0 saturated heterocycles. The molecule has 6 nitrogen and oxygen atoms in total. The Morgan fingerprint density at radius 3 is 2.79 bits per heavy atom. The molecular weight excluding hydrogens is 378 g/mol. The predicted molar refractivity (Wildman–Crippen MR) is 110 cm³/mol. The summed E-state index contributed by atoms with van der Waals surface area (Å²) in [7, 11) is 1.51. The maximum atomic E-state index is 11.5. The van der Waals surface area contributed by atoms with Crippen molar-refractivity contribution >= 4 is 28.5 Å². The van der Waals surface area contributed by atoms with E-state index in [4.69, 9.17) is 26.1 Å². The van der Waals surface area contributed by atoms with E-state index in [0.717, 1.165) is 29.7 Å². The average molecular weight is 402 g/mol. The van der Waals surface area contributed by atoms with E-state index in [1.54, 1.807) is 0 Å². The number of aryl methyl sites for hydroxylation is 1. The molecule has 3 aromatic rings. The van der Waals surface area contributed by atoms with Crippen LogP contribution in [-0.2, 0) is 22.5 Å². The van der Waals surface area contributed by atoms with Crippen LogP contribution in [0.25, 0.3) is 11.0 Å². The molecule has 0 fully saturated rings. The lowest BCUT2D eigenvalue weighted by Gasteiger charge is -2.12. The van der Waals surface area contributed by atoms with Crippen LogP contribution in [0.2, 0.25) is 5.02 Å². The number of para-hydroxylation sites is 3. The monoisotopic (exact) mass is 401 g/mol. The fourth-order valence-electron chi connectivity index (χ4n) is 3.03. The first-order valence-corrected chi connectivity index (χ1v) is 9.64. The number of amides is 1. The van der Waals surface area contributed by atoms with Crippen LogP contribution in [0.3, 0.4) is 0 Å². The molecule has 0 aliphatic carbocycles. The van der Waals surface area contributed by atoms with Crippen LogP contribution in [0.15, 0.2) is 48.5 Å². The van der Waals surface area contributed by atoms with Gasteiger partial charge in [-0.2, -0.15) is 0 Å². The number of ether oxygens (including phenoxy) is 2. The van der Waals surface area contributed by atoms with Crippen molar-refractivity contribution in [3.05, 3.63) is 59.4 Å². The van der Waals surface area contributed by atoms with Crippen molar-refractivity contribution in [2.75, 3.05) is 26.9 Å². The van der Waals surface area contributed by atoms with Crippen LogP contribution in [0.4, 0.5) is 0 Å². The third-order valence-corrected chi connectivity index (χ3v) is 4.63. The third-order valence-electron chi connectivity index (χ3n) is 4.32. The molecule has 7 heteroatoms. The summed E-state index contributed by atoms with van der Waals surface area (Å²) in [5.41, 5.74) is 2.03. The smallest absolute Gasteiger partial charge is 0.245 e. The molecule has 0 saturated carbocycles. The number of carbonyl (C=O) groups is 1. The van der Waals surface area contributed by atoms with Gasteiger partial charge in [0.15, 0.2) is 0 Å². The molecular formula is C21H24ClN3O3. The maximum absolute atomic E-state index is 11.5. The number of aromatic nitrogens is 2. The lowest BCUT2D eigenvalue weighted by atomic mass is 10.3. The van der Waals surface area contributed by atoms with Gasteiger partial charge < -0.3 is 19.4 Å². The van der Waals surface area contributed by atoms with E-state index in [0.29, 0.717) is 30.5 Å². The molecule has 0 unspecified atom stereocenters. The second-order valence-electron chi connectivity index (χ2n) is 6.33. The summed E-state index contributed by atoms with van der Waals surface area (Å²) in [5.74, 6) is 1.55. The van der Waals surface area contributed by atoms with Crippen molar-refractivity contribution in [2.45, 2.75) is 19.4 Å². The van der Waals surface area contributed by atoms with Gasteiger partial charge in [-0.05, 0) is 30.7 Å². The Hall–Kier alpha value is -2.57. The first-order chi connectivity index (χ1) is 13.7. The second-order valence-corrected chi connectivity index (χ2v) is 6.74. The van der Waals surface area contributed by atoms with Crippen LogP contribution in [-0.4, -0.2) is 42.3 Å². The summed E-state index contributed by atoms with van der Waals surface area (Å²) < 4.78 is 12.8. The topological polar surface area (TPSA) is 65.4 Å². The molecule has 28 heavy (non-hydrogen) atoms. The number of rotatable bonds is 10. The van der Waals surface area contributed by atoms with Crippen LogP contribution < -0.4 is 10.1 Å². The Labute approximate surface area is 169 Å². The van der Waals surface area contributed by atoms with Crippen molar-refractivity contribution in [1.82, 2.24) is 14.9 Å². The molecule has 1 aromatic heterocycles. The first kappa shape index (κ1) is 20.2. The quantitative estimate of drug-likeness (QED) is 0.528. The molecule has 1 amide bonds. The van der Waals surface area contributed by atoms with Gasteiger partial charge in [0.05, 0.1) is 22.6 Å². The van der Waals surface area contributed by atoms with Crippen molar-refractivity contribution in [3.63, 3.8) is 0 Å². The van der Waals surface area contributed by atoms with Gasteiger partial charge in [0.1, 0.15) is 24.8 Å². The molecule has 0 spiro atoms. The van der Waals surface area contributed by atoms with Gasteiger partial charge in [-0.1, -0.05) is 35.9 Å². The number of hydrogen-bond acceptors (Lipinski definition) is 4. The lowest BCUT2D eigenvalue weighted by Crippen LogP contribution is -2.28. The third kappa shape index (κ3) is 5.24. The molecule has 0 aliphatic rings. The van der Waals surface area contributed by atoms with Crippen LogP contribution in [0.1, 0.15) is 12.2 Å². The van der Waals surface area contributed by atoms with Gasteiger partial charge in [-0.15, -0.1) is 0 Å². The normalized spacial score (nSPS) is 10.9.